The maximum absolute atomic E-state index is 13.4. The molecular formula is C11H7F2NO2S. The fraction of sp³-hybridized carbons (Fsp3) is 0.0909. The Bertz CT molecular complexity index is 548. The molecule has 0 bridgehead atoms. The second kappa shape index (κ2) is 4.58. The number of carboxylic acid groups (broad SMARTS) is 1. The van der Waals surface area contributed by atoms with Crippen molar-refractivity contribution in [2.24, 2.45) is 0 Å². The highest BCUT2D eigenvalue weighted by Crippen LogP contribution is 2.28. The van der Waals surface area contributed by atoms with E-state index in [2.05, 4.69) is 4.98 Å². The molecule has 0 radical (unpaired) electrons. The van der Waals surface area contributed by atoms with Crippen LogP contribution in [0, 0.1) is 11.6 Å². The van der Waals surface area contributed by atoms with Gasteiger partial charge in [0.25, 0.3) is 0 Å². The lowest BCUT2D eigenvalue weighted by atomic mass is 10.2. The van der Waals surface area contributed by atoms with Crippen molar-refractivity contribution >= 4 is 17.3 Å². The third-order valence-electron chi connectivity index (χ3n) is 2.06. The average Bonchev–Trinajstić information content (AvgIpc) is 2.65. The minimum Gasteiger partial charge on any atom is -0.481 e. The molecule has 0 atom stereocenters. The van der Waals surface area contributed by atoms with Crippen molar-refractivity contribution in [1.82, 2.24) is 4.98 Å². The van der Waals surface area contributed by atoms with E-state index in [1.165, 1.54) is 11.4 Å². The zero-order valence-electron chi connectivity index (χ0n) is 8.48. The molecule has 0 aliphatic rings. The van der Waals surface area contributed by atoms with E-state index < -0.39 is 17.6 Å². The standard InChI is InChI=1S/C11H7F2NO2S/c12-7-2-1-3-8(13)10(7)11-14-6(5-17-11)4-9(15)16/h1-3,5H,4H2,(H,15,16). The number of carbonyl (C=O) groups is 1. The predicted molar refractivity (Wildman–Crippen MR) is 58.8 cm³/mol. The van der Waals surface area contributed by atoms with Crippen molar-refractivity contribution in [3.05, 3.63) is 40.9 Å². The Morgan fingerprint density at radius 3 is 2.59 bits per heavy atom. The molecule has 0 fully saturated rings. The topological polar surface area (TPSA) is 50.2 Å². The summed E-state index contributed by atoms with van der Waals surface area (Å²) >= 11 is 1.02. The minimum absolute atomic E-state index is 0.150. The Hall–Kier alpha value is -1.82. The number of benzene rings is 1. The molecule has 0 aliphatic carbocycles. The number of hydrogen-bond donors (Lipinski definition) is 1. The highest BCUT2D eigenvalue weighted by molar-refractivity contribution is 7.13. The van der Waals surface area contributed by atoms with Gasteiger partial charge in [-0.25, -0.2) is 13.8 Å². The van der Waals surface area contributed by atoms with Gasteiger partial charge in [0, 0.05) is 5.38 Å². The number of nitrogens with zero attached hydrogens (tertiary/aromatic N) is 1. The molecule has 1 heterocycles. The highest BCUT2D eigenvalue weighted by Gasteiger charge is 2.15. The SMILES string of the molecule is O=C(O)Cc1csc(-c2c(F)cccc2F)n1. The number of aromatic nitrogens is 1. The summed E-state index contributed by atoms with van der Waals surface area (Å²) in [6.45, 7) is 0. The first-order valence-electron chi connectivity index (χ1n) is 4.68. The third kappa shape index (κ3) is 2.47. The van der Waals surface area contributed by atoms with Crippen molar-refractivity contribution in [1.29, 1.82) is 0 Å². The molecule has 0 unspecified atom stereocenters. The van der Waals surface area contributed by atoms with Gasteiger partial charge in [0.15, 0.2) is 0 Å². The third-order valence-corrected chi connectivity index (χ3v) is 2.97. The first kappa shape index (κ1) is 11.7. The van der Waals surface area contributed by atoms with Crippen LogP contribution >= 0.6 is 11.3 Å². The molecule has 0 saturated heterocycles. The average molecular weight is 255 g/mol. The van der Waals surface area contributed by atoms with Crippen LogP contribution in [-0.2, 0) is 11.2 Å². The lowest BCUT2D eigenvalue weighted by Gasteiger charge is -1.99. The smallest absolute Gasteiger partial charge is 0.309 e. The molecule has 1 aromatic heterocycles. The molecule has 0 spiro atoms. The van der Waals surface area contributed by atoms with E-state index in [9.17, 15) is 13.6 Å². The van der Waals surface area contributed by atoms with Crippen molar-refractivity contribution in [3.8, 4) is 10.6 Å². The first-order valence-corrected chi connectivity index (χ1v) is 5.56. The predicted octanol–water partition coefficient (Wildman–Crippen LogP) is 2.72. The fourth-order valence-corrected chi connectivity index (χ4v) is 2.23. The Morgan fingerprint density at radius 2 is 2.00 bits per heavy atom. The number of carboxylic acids is 1. The van der Waals surface area contributed by atoms with Crippen LogP contribution < -0.4 is 0 Å². The van der Waals surface area contributed by atoms with E-state index >= 15 is 0 Å². The van der Waals surface area contributed by atoms with E-state index in [0.717, 1.165) is 23.5 Å². The molecular weight excluding hydrogens is 248 g/mol. The summed E-state index contributed by atoms with van der Waals surface area (Å²) in [6, 6.07) is 3.54. The summed E-state index contributed by atoms with van der Waals surface area (Å²) in [5.41, 5.74) is 0.0780. The van der Waals surface area contributed by atoms with E-state index in [0.29, 0.717) is 5.69 Å². The van der Waals surface area contributed by atoms with Crippen LogP contribution in [-0.4, -0.2) is 16.1 Å². The summed E-state index contributed by atoms with van der Waals surface area (Å²) in [4.78, 5) is 14.4. The highest BCUT2D eigenvalue weighted by atomic mass is 32.1. The van der Waals surface area contributed by atoms with Gasteiger partial charge >= 0.3 is 5.97 Å². The quantitative estimate of drug-likeness (QED) is 0.917. The number of halogens is 2. The van der Waals surface area contributed by atoms with Crippen LogP contribution in [0.5, 0.6) is 0 Å². The molecule has 17 heavy (non-hydrogen) atoms. The van der Waals surface area contributed by atoms with Crippen molar-refractivity contribution < 1.29 is 18.7 Å². The van der Waals surface area contributed by atoms with Crippen molar-refractivity contribution in [2.75, 3.05) is 0 Å². The number of aliphatic carboxylic acids is 1. The molecule has 0 saturated carbocycles. The molecule has 0 amide bonds. The summed E-state index contributed by atoms with van der Waals surface area (Å²) in [6.07, 6.45) is -0.257. The van der Waals surface area contributed by atoms with Crippen LogP contribution in [0.3, 0.4) is 0 Å². The van der Waals surface area contributed by atoms with Gasteiger partial charge in [-0.3, -0.25) is 4.79 Å². The summed E-state index contributed by atoms with van der Waals surface area (Å²) in [7, 11) is 0. The first-order chi connectivity index (χ1) is 8.08. The number of thiazole rings is 1. The Kier molecular flexibility index (Phi) is 3.14. The zero-order valence-corrected chi connectivity index (χ0v) is 9.30. The van der Waals surface area contributed by atoms with Gasteiger partial charge in [-0.1, -0.05) is 6.07 Å². The Labute approximate surface area is 99.4 Å². The summed E-state index contributed by atoms with van der Waals surface area (Å²) < 4.78 is 26.8. The number of hydrogen-bond acceptors (Lipinski definition) is 3. The van der Waals surface area contributed by atoms with Crippen LogP contribution in [0.15, 0.2) is 23.6 Å². The van der Waals surface area contributed by atoms with E-state index in [1.807, 2.05) is 0 Å². The van der Waals surface area contributed by atoms with Gasteiger partial charge in [-0.15, -0.1) is 11.3 Å². The van der Waals surface area contributed by atoms with Gasteiger partial charge < -0.3 is 5.11 Å². The Morgan fingerprint density at radius 1 is 1.35 bits per heavy atom. The molecule has 1 aromatic carbocycles. The van der Waals surface area contributed by atoms with Gasteiger partial charge in [-0.2, -0.15) is 0 Å². The van der Waals surface area contributed by atoms with Gasteiger partial charge in [0.1, 0.15) is 16.6 Å². The molecule has 0 aliphatic heterocycles. The van der Waals surface area contributed by atoms with Crippen LogP contribution in [0.2, 0.25) is 0 Å². The summed E-state index contributed by atoms with van der Waals surface area (Å²) in [5.74, 6) is -2.45. The Balaban J connectivity index is 2.40. The van der Waals surface area contributed by atoms with Crippen molar-refractivity contribution in [3.63, 3.8) is 0 Å². The van der Waals surface area contributed by atoms with Crippen LogP contribution in [0.1, 0.15) is 5.69 Å². The summed E-state index contributed by atoms with van der Waals surface area (Å²) in [5, 5.41) is 10.2. The largest absolute Gasteiger partial charge is 0.481 e. The zero-order chi connectivity index (χ0) is 12.4. The number of rotatable bonds is 3. The maximum Gasteiger partial charge on any atom is 0.309 e. The molecule has 88 valence electrons. The molecule has 2 aromatic rings. The van der Waals surface area contributed by atoms with E-state index in [1.54, 1.807) is 0 Å². The molecule has 1 N–H and O–H groups in total. The second-order valence-corrected chi connectivity index (χ2v) is 4.17. The lowest BCUT2D eigenvalue weighted by Crippen LogP contribution is -2.00. The van der Waals surface area contributed by atoms with E-state index in [-0.39, 0.29) is 17.0 Å². The fourth-order valence-electron chi connectivity index (χ4n) is 1.36. The maximum atomic E-state index is 13.4. The molecule has 3 nitrogen and oxygen atoms in total. The van der Waals surface area contributed by atoms with Crippen LogP contribution in [0.25, 0.3) is 10.6 Å². The van der Waals surface area contributed by atoms with E-state index in [4.69, 9.17) is 5.11 Å². The van der Waals surface area contributed by atoms with Crippen LogP contribution in [0.4, 0.5) is 8.78 Å². The minimum atomic E-state index is -1.03. The molecule has 6 heteroatoms. The normalized spacial score (nSPS) is 10.5. The monoisotopic (exact) mass is 255 g/mol. The lowest BCUT2D eigenvalue weighted by molar-refractivity contribution is -0.136. The second-order valence-electron chi connectivity index (χ2n) is 3.31. The molecule has 2 rings (SSSR count). The van der Waals surface area contributed by atoms with Crippen molar-refractivity contribution in [2.45, 2.75) is 6.42 Å². The van der Waals surface area contributed by atoms with Gasteiger partial charge in [-0.05, 0) is 12.1 Å². The van der Waals surface area contributed by atoms with Gasteiger partial charge in [0.2, 0.25) is 0 Å². The van der Waals surface area contributed by atoms with Gasteiger partial charge in [0.05, 0.1) is 17.7 Å².